The van der Waals surface area contributed by atoms with Crippen molar-refractivity contribution in [3.8, 4) is 0 Å². The second kappa shape index (κ2) is 6.80. The van der Waals surface area contributed by atoms with Crippen molar-refractivity contribution in [1.29, 1.82) is 0 Å². The summed E-state index contributed by atoms with van der Waals surface area (Å²) in [7, 11) is 0. The first-order valence-electron chi connectivity index (χ1n) is 8.32. The molecule has 120 valence electrons. The topological polar surface area (TPSA) is 49.8 Å². The van der Waals surface area contributed by atoms with E-state index in [2.05, 4.69) is 0 Å². The molecule has 0 bridgehead atoms. The highest BCUT2D eigenvalue weighted by Crippen LogP contribution is 2.31. The Morgan fingerprint density at radius 2 is 2.14 bits per heavy atom. The van der Waals surface area contributed by atoms with Gasteiger partial charge in [0.1, 0.15) is 0 Å². The summed E-state index contributed by atoms with van der Waals surface area (Å²) in [5.41, 5.74) is 0.930. The molecule has 0 spiro atoms. The molecule has 4 unspecified atom stereocenters. The van der Waals surface area contributed by atoms with Gasteiger partial charge in [-0.15, -0.1) is 0 Å². The van der Waals surface area contributed by atoms with Crippen molar-refractivity contribution < 1.29 is 14.6 Å². The molecule has 2 heterocycles. The number of ether oxygens (including phenoxy) is 1. The van der Waals surface area contributed by atoms with Gasteiger partial charge in [-0.05, 0) is 38.2 Å². The maximum Gasteiger partial charge on any atom is 0.228 e. The van der Waals surface area contributed by atoms with Gasteiger partial charge in [0.2, 0.25) is 5.91 Å². The van der Waals surface area contributed by atoms with E-state index in [0.29, 0.717) is 13.0 Å². The average molecular weight is 303 g/mol. The molecule has 0 radical (unpaired) electrons. The molecule has 1 N–H and O–H groups in total. The van der Waals surface area contributed by atoms with Crippen molar-refractivity contribution >= 4 is 5.91 Å². The number of aliphatic hydroxyl groups is 1. The van der Waals surface area contributed by atoms with Crippen LogP contribution in [0.2, 0.25) is 0 Å². The van der Waals surface area contributed by atoms with Gasteiger partial charge in [0, 0.05) is 19.2 Å². The van der Waals surface area contributed by atoms with Crippen molar-refractivity contribution in [3.05, 3.63) is 35.9 Å². The second-order valence-electron chi connectivity index (χ2n) is 6.46. The number of nitrogens with zero attached hydrogens (tertiary/aromatic N) is 1. The molecule has 2 fully saturated rings. The molecular formula is C18H25NO3. The molecule has 4 nitrogen and oxygen atoms in total. The fraction of sp³-hybridized carbons (Fsp3) is 0.611. The van der Waals surface area contributed by atoms with Crippen LogP contribution in [-0.2, 0) is 9.53 Å². The maximum absolute atomic E-state index is 12.8. The molecule has 0 aromatic heterocycles. The molecule has 4 atom stereocenters. The zero-order chi connectivity index (χ0) is 15.5. The van der Waals surface area contributed by atoms with Gasteiger partial charge in [0.25, 0.3) is 0 Å². The average Bonchev–Trinajstić information content (AvgIpc) is 3.16. The highest BCUT2D eigenvalue weighted by atomic mass is 16.5. The van der Waals surface area contributed by atoms with Crippen molar-refractivity contribution in [2.24, 2.45) is 5.92 Å². The third-order valence-electron chi connectivity index (χ3n) is 5.03. The summed E-state index contributed by atoms with van der Waals surface area (Å²) in [6.07, 6.45) is 2.98. The molecule has 2 aliphatic heterocycles. The Bertz CT molecular complexity index is 504. The van der Waals surface area contributed by atoms with Gasteiger partial charge in [-0.1, -0.05) is 30.3 Å². The molecule has 1 amide bonds. The first kappa shape index (κ1) is 15.5. The maximum atomic E-state index is 12.8. The Kier molecular flexibility index (Phi) is 4.79. The first-order valence-corrected chi connectivity index (χ1v) is 8.32. The Labute approximate surface area is 132 Å². The van der Waals surface area contributed by atoms with Gasteiger partial charge < -0.3 is 14.7 Å². The van der Waals surface area contributed by atoms with Crippen molar-refractivity contribution in [2.45, 2.75) is 50.9 Å². The van der Waals surface area contributed by atoms with E-state index in [-0.39, 0.29) is 24.0 Å². The fourth-order valence-electron chi connectivity index (χ4n) is 3.71. The largest absolute Gasteiger partial charge is 0.388 e. The minimum absolute atomic E-state index is 0.00512. The smallest absolute Gasteiger partial charge is 0.228 e. The first-order chi connectivity index (χ1) is 10.7. The highest BCUT2D eigenvalue weighted by molar-refractivity contribution is 5.80. The van der Waals surface area contributed by atoms with E-state index < -0.39 is 6.10 Å². The minimum atomic E-state index is -0.503. The van der Waals surface area contributed by atoms with Crippen LogP contribution in [-0.4, -0.2) is 41.2 Å². The summed E-state index contributed by atoms with van der Waals surface area (Å²) in [4.78, 5) is 14.7. The lowest BCUT2D eigenvalue weighted by atomic mass is 9.97. The summed E-state index contributed by atoms with van der Waals surface area (Å²) in [6, 6.07) is 9.86. The van der Waals surface area contributed by atoms with E-state index in [1.54, 1.807) is 0 Å². The van der Waals surface area contributed by atoms with Crippen LogP contribution < -0.4 is 0 Å². The summed E-state index contributed by atoms with van der Waals surface area (Å²) in [5, 5.41) is 10.4. The highest BCUT2D eigenvalue weighted by Gasteiger charge is 2.38. The number of carbonyl (C=O) groups excluding carboxylic acids is 1. The summed E-state index contributed by atoms with van der Waals surface area (Å²) in [6.45, 7) is 3.48. The number of hydrogen-bond acceptors (Lipinski definition) is 3. The molecule has 2 aliphatic rings. The third kappa shape index (κ3) is 3.18. The van der Waals surface area contributed by atoms with Crippen LogP contribution in [0.25, 0.3) is 0 Å². The van der Waals surface area contributed by atoms with Crippen LogP contribution >= 0.6 is 0 Å². The standard InChI is InChI=1S/C18H25NO3/c1-13-16(9-11-22-13)18(21)19-10-5-8-15(19)12-17(20)14-6-3-2-4-7-14/h2-4,6-7,13,15-17,20H,5,8-12H2,1H3. The van der Waals surface area contributed by atoms with Gasteiger partial charge in [-0.3, -0.25) is 4.79 Å². The lowest BCUT2D eigenvalue weighted by molar-refractivity contribution is -0.138. The summed E-state index contributed by atoms with van der Waals surface area (Å²) >= 11 is 0. The van der Waals surface area contributed by atoms with Crippen molar-refractivity contribution in [3.63, 3.8) is 0 Å². The Morgan fingerprint density at radius 3 is 2.82 bits per heavy atom. The fourth-order valence-corrected chi connectivity index (χ4v) is 3.71. The molecule has 1 aromatic carbocycles. The molecule has 3 rings (SSSR count). The number of hydrogen-bond donors (Lipinski definition) is 1. The lowest BCUT2D eigenvalue weighted by Crippen LogP contribution is -2.42. The summed E-state index contributed by atoms with van der Waals surface area (Å²) < 4.78 is 5.53. The number of amides is 1. The van der Waals surface area contributed by atoms with Crippen LogP contribution in [0.1, 0.15) is 44.3 Å². The zero-order valence-electron chi connectivity index (χ0n) is 13.1. The molecule has 22 heavy (non-hydrogen) atoms. The molecule has 1 aromatic rings. The van der Waals surface area contributed by atoms with Gasteiger partial charge in [0.05, 0.1) is 18.1 Å². The van der Waals surface area contributed by atoms with Crippen LogP contribution in [0.3, 0.4) is 0 Å². The van der Waals surface area contributed by atoms with E-state index in [4.69, 9.17) is 4.74 Å². The van der Waals surface area contributed by atoms with Crippen LogP contribution in [0, 0.1) is 5.92 Å². The SMILES string of the molecule is CC1OCCC1C(=O)N1CCCC1CC(O)c1ccccc1. The minimum Gasteiger partial charge on any atom is -0.388 e. The van der Waals surface area contributed by atoms with E-state index in [0.717, 1.165) is 31.4 Å². The third-order valence-corrected chi connectivity index (χ3v) is 5.03. The van der Waals surface area contributed by atoms with Crippen molar-refractivity contribution in [2.75, 3.05) is 13.2 Å². The zero-order valence-corrected chi connectivity index (χ0v) is 13.1. The van der Waals surface area contributed by atoms with E-state index >= 15 is 0 Å². The monoisotopic (exact) mass is 303 g/mol. The lowest BCUT2D eigenvalue weighted by Gasteiger charge is -2.29. The van der Waals surface area contributed by atoms with Gasteiger partial charge >= 0.3 is 0 Å². The molecule has 4 heteroatoms. The van der Waals surface area contributed by atoms with E-state index in [9.17, 15) is 9.90 Å². The Hall–Kier alpha value is -1.39. The van der Waals surface area contributed by atoms with E-state index in [1.807, 2.05) is 42.2 Å². The van der Waals surface area contributed by atoms with Gasteiger partial charge in [0.15, 0.2) is 0 Å². The predicted molar refractivity (Wildman–Crippen MR) is 84.3 cm³/mol. The number of aliphatic hydroxyl groups excluding tert-OH is 1. The van der Waals surface area contributed by atoms with Crippen LogP contribution in [0.15, 0.2) is 30.3 Å². The molecule has 0 aliphatic carbocycles. The molecular weight excluding hydrogens is 278 g/mol. The molecule has 2 saturated heterocycles. The predicted octanol–water partition coefficient (Wildman–Crippen LogP) is 2.53. The quantitative estimate of drug-likeness (QED) is 0.930. The normalized spacial score (nSPS) is 29.7. The van der Waals surface area contributed by atoms with Crippen molar-refractivity contribution in [1.82, 2.24) is 4.90 Å². The number of likely N-dealkylation sites (tertiary alicyclic amines) is 1. The second-order valence-corrected chi connectivity index (χ2v) is 6.46. The Balaban J connectivity index is 1.64. The number of benzene rings is 1. The number of rotatable bonds is 4. The van der Waals surface area contributed by atoms with Crippen LogP contribution in [0.5, 0.6) is 0 Å². The van der Waals surface area contributed by atoms with E-state index in [1.165, 1.54) is 0 Å². The number of carbonyl (C=O) groups is 1. The van der Waals surface area contributed by atoms with Gasteiger partial charge in [-0.25, -0.2) is 0 Å². The summed E-state index contributed by atoms with van der Waals surface area (Å²) in [5.74, 6) is 0.210. The van der Waals surface area contributed by atoms with Gasteiger partial charge in [-0.2, -0.15) is 0 Å². The Morgan fingerprint density at radius 1 is 1.36 bits per heavy atom. The molecule has 0 saturated carbocycles. The van der Waals surface area contributed by atoms with Crippen LogP contribution in [0.4, 0.5) is 0 Å².